The third kappa shape index (κ3) is 4.24. The fourth-order valence-electron chi connectivity index (χ4n) is 0.805. The number of amides is 1. The highest BCUT2D eigenvalue weighted by Crippen LogP contribution is 2.16. The molecule has 0 fully saturated rings. The molecule has 82 valence electrons. The monoisotopic (exact) mass is 273 g/mol. The number of anilines is 1. The fraction of sp³-hybridized carbons (Fsp3) is 0.444. The smallest absolute Gasteiger partial charge is 0.413 e. The van der Waals surface area contributed by atoms with E-state index in [-0.39, 0.29) is 0 Å². The maximum atomic E-state index is 11.4. The summed E-state index contributed by atoms with van der Waals surface area (Å²) in [5.74, 6) is 0.340. The van der Waals surface area contributed by atoms with Crippen molar-refractivity contribution in [2.75, 3.05) is 5.32 Å². The van der Waals surface area contributed by atoms with E-state index in [9.17, 15) is 4.79 Å². The molecule has 5 nitrogen and oxygen atoms in total. The van der Waals surface area contributed by atoms with E-state index in [1.165, 1.54) is 12.4 Å². The Bertz CT molecular complexity index is 363. The highest BCUT2D eigenvalue weighted by molar-refractivity contribution is 9.10. The minimum absolute atomic E-state index is 0.340. The van der Waals surface area contributed by atoms with Gasteiger partial charge >= 0.3 is 6.09 Å². The van der Waals surface area contributed by atoms with Crippen molar-refractivity contribution in [3.05, 3.63) is 17.0 Å². The quantitative estimate of drug-likeness (QED) is 0.854. The molecule has 0 aliphatic carbocycles. The van der Waals surface area contributed by atoms with Gasteiger partial charge in [0.2, 0.25) is 0 Å². The largest absolute Gasteiger partial charge is 0.444 e. The fourth-order valence-corrected chi connectivity index (χ4v) is 1.12. The van der Waals surface area contributed by atoms with Crippen molar-refractivity contribution in [3.63, 3.8) is 0 Å². The molecule has 1 heterocycles. The summed E-state index contributed by atoms with van der Waals surface area (Å²) in [4.78, 5) is 19.2. The maximum absolute atomic E-state index is 11.4. The maximum Gasteiger partial charge on any atom is 0.413 e. The molecule has 1 aromatic rings. The van der Waals surface area contributed by atoms with Crippen molar-refractivity contribution in [2.45, 2.75) is 26.4 Å². The van der Waals surface area contributed by atoms with Crippen molar-refractivity contribution < 1.29 is 9.53 Å². The van der Waals surface area contributed by atoms with Crippen LogP contribution in [-0.2, 0) is 4.74 Å². The lowest BCUT2D eigenvalue weighted by molar-refractivity contribution is 0.0635. The van der Waals surface area contributed by atoms with Gasteiger partial charge in [0.25, 0.3) is 0 Å². The summed E-state index contributed by atoms with van der Waals surface area (Å²) < 4.78 is 5.53. The molecule has 0 radical (unpaired) electrons. The Morgan fingerprint density at radius 3 is 2.53 bits per heavy atom. The number of hydrogen-bond acceptors (Lipinski definition) is 4. The number of ether oxygens (including phenoxy) is 1. The lowest BCUT2D eigenvalue weighted by Gasteiger charge is -2.19. The van der Waals surface area contributed by atoms with Crippen LogP contribution in [0.15, 0.2) is 17.0 Å². The molecule has 15 heavy (non-hydrogen) atoms. The summed E-state index contributed by atoms with van der Waals surface area (Å²) in [6, 6.07) is 0. The van der Waals surface area contributed by atoms with Crippen LogP contribution < -0.4 is 5.32 Å². The predicted molar refractivity (Wildman–Crippen MR) is 59.6 cm³/mol. The first-order valence-electron chi connectivity index (χ1n) is 4.35. The highest BCUT2D eigenvalue weighted by Gasteiger charge is 2.17. The summed E-state index contributed by atoms with van der Waals surface area (Å²) in [6.45, 7) is 5.37. The molecule has 0 atom stereocenters. The van der Waals surface area contributed by atoms with Gasteiger partial charge in [0, 0.05) is 12.4 Å². The number of carbonyl (C=O) groups is 1. The summed E-state index contributed by atoms with van der Waals surface area (Å²) >= 11 is 3.16. The van der Waals surface area contributed by atoms with E-state index in [1.54, 1.807) is 20.8 Å². The van der Waals surface area contributed by atoms with Crippen LogP contribution >= 0.6 is 15.9 Å². The molecule has 0 unspecified atom stereocenters. The molecule has 1 amide bonds. The summed E-state index contributed by atoms with van der Waals surface area (Å²) in [6.07, 6.45) is 2.45. The SMILES string of the molecule is CC(C)(C)OC(=O)Nc1nccnc1Br. The number of halogens is 1. The minimum Gasteiger partial charge on any atom is -0.444 e. The van der Waals surface area contributed by atoms with Gasteiger partial charge in [0.05, 0.1) is 0 Å². The van der Waals surface area contributed by atoms with Crippen LogP contribution in [0.25, 0.3) is 0 Å². The van der Waals surface area contributed by atoms with Gasteiger partial charge in [-0.1, -0.05) is 0 Å². The zero-order valence-corrected chi connectivity index (χ0v) is 10.3. The molecule has 1 rings (SSSR count). The van der Waals surface area contributed by atoms with Gasteiger partial charge in [0.1, 0.15) is 10.2 Å². The average Bonchev–Trinajstić information content (AvgIpc) is 2.05. The molecule has 0 bridgehead atoms. The van der Waals surface area contributed by atoms with Gasteiger partial charge in [-0.25, -0.2) is 14.8 Å². The van der Waals surface area contributed by atoms with Crippen LogP contribution in [0.2, 0.25) is 0 Å². The van der Waals surface area contributed by atoms with Crippen LogP contribution in [-0.4, -0.2) is 21.7 Å². The van der Waals surface area contributed by atoms with E-state index in [1.807, 2.05) is 0 Å². The standard InChI is InChI=1S/C9H12BrN3O2/c1-9(2,3)15-8(14)13-7-6(10)11-4-5-12-7/h4-5H,1-3H3,(H,12,13,14). The molecule has 1 aromatic heterocycles. The molecule has 6 heteroatoms. The number of carbonyl (C=O) groups excluding carboxylic acids is 1. The lowest BCUT2D eigenvalue weighted by Crippen LogP contribution is -2.27. The van der Waals surface area contributed by atoms with Crippen molar-refractivity contribution in [2.24, 2.45) is 0 Å². The number of nitrogens with one attached hydrogen (secondary N) is 1. The Morgan fingerprint density at radius 2 is 2.00 bits per heavy atom. The van der Waals surface area contributed by atoms with Crippen molar-refractivity contribution in [1.82, 2.24) is 9.97 Å². The van der Waals surface area contributed by atoms with Gasteiger partial charge in [-0.3, -0.25) is 5.32 Å². The van der Waals surface area contributed by atoms with Crippen LogP contribution in [0.3, 0.4) is 0 Å². The number of rotatable bonds is 1. The third-order valence-corrected chi connectivity index (χ3v) is 1.85. The third-order valence-electron chi connectivity index (χ3n) is 1.27. The van der Waals surface area contributed by atoms with Gasteiger partial charge in [-0.15, -0.1) is 0 Å². The van der Waals surface area contributed by atoms with E-state index in [0.29, 0.717) is 10.4 Å². The molecule has 1 N–H and O–H groups in total. The molecule has 0 aliphatic rings. The lowest BCUT2D eigenvalue weighted by atomic mass is 10.2. The first kappa shape index (κ1) is 11.9. The van der Waals surface area contributed by atoms with E-state index < -0.39 is 11.7 Å². The predicted octanol–water partition coefficient (Wildman–Crippen LogP) is 2.59. The van der Waals surface area contributed by atoms with Gasteiger partial charge in [-0.2, -0.15) is 0 Å². The van der Waals surface area contributed by atoms with E-state index >= 15 is 0 Å². The first-order chi connectivity index (χ1) is 6.88. The Hall–Kier alpha value is -1.17. The van der Waals surface area contributed by atoms with E-state index in [4.69, 9.17) is 4.74 Å². The van der Waals surface area contributed by atoms with Crippen LogP contribution in [0.1, 0.15) is 20.8 Å². The molecular weight excluding hydrogens is 262 g/mol. The zero-order chi connectivity index (χ0) is 11.5. The van der Waals surface area contributed by atoms with Gasteiger partial charge in [0.15, 0.2) is 5.82 Å². The number of aromatic nitrogens is 2. The van der Waals surface area contributed by atoms with Crippen molar-refractivity contribution in [1.29, 1.82) is 0 Å². The molecule has 0 aromatic carbocycles. The van der Waals surface area contributed by atoms with Gasteiger partial charge in [-0.05, 0) is 36.7 Å². The van der Waals surface area contributed by atoms with Crippen LogP contribution in [0, 0.1) is 0 Å². The Labute approximate surface area is 96.4 Å². The Kier molecular flexibility index (Phi) is 3.62. The second kappa shape index (κ2) is 4.57. The molecule has 0 saturated carbocycles. The second-order valence-corrected chi connectivity index (χ2v) is 4.57. The van der Waals surface area contributed by atoms with Crippen molar-refractivity contribution in [3.8, 4) is 0 Å². The van der Waals surface area contributed by atoms with Crippen molar-refractivity contribution >= 4 is 27.8 Å². The highest BCUT2D eigenvalue weighted by atomic mass is 79.9. The molecule has 0 aliphatic heterocycles. The summed E-state index contributed by atoms with van der Waals surface area (Å²) in [5.41, 5.74) is -0.529. The zero-order valence-electron chi connectivity index (χ0n) is 8.74. The minimum atomic E-state index is -0.552. The Balaban J connectivity index is 2.64. The molecular formula is C9H12BrN3O2. The van der Waals surface area contributed by atoms with Crippen LogP contribution in [0.5, 0.6) is 0 Å². The number of nitrogens with zero attached hydrogens (tertiary/aromatic N) is 2. The van der Waals surface area contributed by atoms with Crippen LogP contribution in [0.4, 0.5) is 10.6 Å². The Morgan fingerprint density at radius 1 is 1.40 bits per heavy atom. The molecule has 0 saturated heterocycles. The van der Waals surface area contributed by atoms with E-state index in [2.05, 4.69) is 31.2 Å². The van der Waals surface area contributed by atoms with E-state index in [0.717, 1.165) is 0 Å². The average molecular weight is 274 g/mol. The molecule has 0 spiro atoms. The summed E-state index contributed by atoms with van der Waals surface area (Å²) in [7, 11) is 0. The normalized spacial score (nSPS) is 10.9. The topological polar surface area (TPSA) is 64.1 Å². The second-order valence-electron chi connectivity index (χ2n) is 3.82. The first-order valence-corrected chi connectivity index (χ1v) is 5.14. The van der Waals surface area contributed by atoms with Gasteiger partial charge < -0.3 is 4.74 Å². The summed E-state index contributed by atoms with van der Waals surface area (Å²) in [5, 5.41) is 2.49. The number of hydrogen-bond donors (Lipinski definition) is 1.